The zero-order chi connectivity index (χ0) is 24.5. The number of carbonyl (C=O) groups is 1. The number of para-hydroxylation sites is 2. The molecule has 0 unspecified atom stereocenters. The van der Waals surface area contributed by atoms with Crippen molar-refractivity contribution in [2.24, 2.45) is 0 Å². The van der Waals surface area contributed by atoms with E-state index < -0.39 is 26.6 Å². The van der Waals surface area contributed by atoms with E-state index in [2.05, 4.69) is 0 Å². The maximum atomic E-state index is 14.0. The Morgan fingerprint density at radius 1 is 0.941 bits per heavy atom. The molecule has 3 aromatic rings. The van der Waals surface area contributed by atoms with Gasteiger partial charge >= 0.3 is 5.69 Å². The summed E-state index contributed by atoms with van der Waals surface area (Å²) in [6.45, 7) is 2.98. The van der Waals surface area contributed by atoms with Crippen LogP contribution in [0.4, 0.5) is 8.78 Å². The summed E-state index contributed by atoms with van der Waals surface area (Å²) in [7, 11) is -4.22. The predicted octanol–water partition coefficient (Wildman–Crippen LogP) is 2.41. The zero-order valence-corrected chi connectivity index (χ0v) is 19.6. The average Bonchev–Trinajstić information content (AvgIpc) is 3.10. The first-order valence-electron chi connectivity index (χ1n) is 11.1. The molecule has 0 saturated carbocycles. The highest BCUT2D eigenvalue weighted by atomic mass is 32.2. The molecule has 0 spiro atoms. The molecular weight excluding hydrogens is 466 g/mol. The molecule has 34 heavy (non-hydrogen) atoms. The number of sulfonamides is 1. The number of hydrogen-bond acceptors (Lipinski definition) is 4. The van der Waals surface area contributed by atoms with Gasteiger partial charge in [-0.1, -0.05) is 19.1 Å². The number of nitrogens with zero attached hydrogens (tertiary/aromatic N) is 4. The lowest BCUT2D eigenvalue weighted by Gasteiger charge is -2.34. The summed E-state index contributed by atoms with van der Waals surface area (Å²) in [6.07, 6.45) is 0.894. The van der Waals surface area contributed by atoms with Gasteiger partial charge in [0.25, 0.3) is 0 Å². The van der Waals surface area contributed by atoms with E-state index in [1.807, 2.05) is 31.2 Å². The minimum atomic E-state index is -4.22. The minimum absolute atomic E-state index is 0.0280. The van der Waals surface area contributed by atoms with Crippen LogP contribution in [-0.4, -0.2) is 58.8 Å². The van der Waals surface area contributed by atoms with Crippen LogP contribution in [0.3, 0.4) is 0 Å². The maximum Gasteiger partial charge on any atom is 0.329 e. The highest BCUT2D eigenvalue weighted by molar-refractivity contribution is 7.89. The highest BCUT2D eigenvalue weighted by Crippen LogP contribution is 2.22. The normalized spacial score (nSPS) is 15.2. The highest BCUT2D eigenvalue weighted by Gasteiger charge is 2.32. The van der Waals surface area contributed by atoms with Crippen LogP contribution in [0.2, 0.25) is 0 Å². The Balaban J connectivity index is 1.42. The number of benzene rings is 2. The molecule has 1 fully saturated rings. The van der Waals surface area contributed by atoms with E-state index in [0.717, 1.165) is 33.9 Å². The molecule has 8 nitrogen and oxygen atoms in total. The second-order valence-electron chi connectivity index (χ2n) is 8.18. The van der Waals surface area contributed by atoms with Gasteiger partial charge in [0.2, 0.25) is 15.9 Å². The van der Waals surface area contributed by atoms with E-state index in [-0.39, 0.29) is 50.7 Å². The monoisotopic (exact) mass is 492 g/mol. The van der Waals surface area contributed by atoms with E-state index >= 15 is 0 Å². The van der Waals surface area contributed by atoms with Crippen LogP contribution in [-0.2, 0) is 27.9 Å². The molecule has 4 rings (SSSR count). The molecule has 0 radical (unpaired) electrons. The van der Waals surface area contributed by atoms with Gasteiger partial charge in [-0.15, -0.1) is 0 Å². The van der Waals surface area contributed by atoms with E-state index in [9.17, 15) is 26.8 Å². The number of halogens is 2. The van der Waals surface area contributed by atoms with Crippen molar-refractivity contribution in [3.63, 3.8) is 0 Å². The molecule has 0 atom stereocenters. The third-order valence-corrected chi connectivity index (χ3v) is 7.94. The second-order valence-corrected chi connectivity index (χ2v) is 10.1. The lowest BCUT2D eigenvalue weighted by atomic mass is 10.3. The summed E-state index contributed by atoms with van der Waals surface area (Å²) in [5, 5.41) is 0. The van der Waals surface area contributed by atoms with E-state index in [0.29, 0.717) is 12.6 Å². The molecule has 0 N–H and O–H groups in total. The summed E-state index contributed by atoms with van der Waals surface area (Å²) in [4.78, 5) is 26.5. The van der Waals surface area contributed by atoms with Crippen molar-refractivity contribution < 1.29 is 22.0 Å². The molecule has 1 aliphatic heterocycles. The summed E-state index contributed by atoms with van der Waals surface area (Å²) < 4.78 is 57.3. The molecule has 2 heterocycles. The Morgan fingerprint density at radius 3 is 2.18 bits per heavy atom. The number of fused-ring (bicyclic) bond motifs is 1. The van der Waals surface area contributed by atoms with Gasteiger partial charge in [-0.3, -0.25) is 13.9 Å². The minimum Gasteiger partial charge on any atom is -0.340 e. The Labute approximate surface area is 196 Å². The number of aromatic nitrogens is 2. The molecule has 1 amide bonds. The Bertz CT molecular complexity index is 1380. The van der Waals surface area contributed by atoms with Crippen LogP contribution in [0.1, 0.15) is 19.8 Å². The maximum absolute atomic E-state index is 14.0. The van der Waals surface area contributed by atoms with Gasteiger partial charge in [0.15, 0.2) is 0 Å². The van der Waals surface area contributed by atoms with E-state index in [4.69, 9.17) is 0 Å². The standard InChI is InChI=1S/C23H26F2N4O4S/c1-2-10-28-19-5-3-4-6-20(19)29(23(28)31)11-9-22(30)26-12-14-27(15-13-26)34(32,33)21-16-17(24)7-8-18(21)25/h3-8,16H,2,9-15H2,1H3. The van der Waals surface area contributed by atoms with Gasteiger partial charge < -0.3 is 4.90 Å². The van der Waals surface area contributed by atoms with Crippen molar-refractivity contribution in [2.75, 3.05) is 26.2 Å². The fourth-order valence-electron chi connectivity index (χ4n) is 4.29. The second kappa shape index (κ2) is 9.67. The molecular formula is C23H26F2N4O4S. The third kappa shape index (κ3) is 4.49. The summed E-state index contributed by atoms with van der Waals surface area (Å²) in [6, 6.07) is 9.74. The number of piperazine rings is 1. The van der Waals surface area contributed by atoms with Crippen LogP contribution in [0, 0.1) is 11.6 Å². The topological polar surface area (TPSA) is 84.6 Å². The third-order valence-electron chi connectivity index (χ3n) is 6.02. The van der Waals surface area contributed by atoms with Crippen LogP contribution >= 0.6 is 0 Å². The first-order valence-corrected chi connectivity index (χ1v) is 12.6. The fraction of sp³-hybridized carbons (Fsp3) is 0.391. The van der Waals surface area contributed by atoms with Crippen molar-refractivity contribution in [2.45, 2.75) is 37.8 Å². The molecule has 1 saturated heterocycles. The largest absolute Gasteiger partial charge is 0.340 e. The first kappa shape index (κ1) is 24.1. The molecule has 11 heteroatoms. The SMILES string of the molecule is CCCn1c(=O)n(CCC(=O)N2CCN(S(=O)(=O)c3cc(F)ccc3F)CC2)c2ccccc21. The van der Waals surface area contributed by atoms with Crippen molar-refractivity contribution >= 4 is 27.0 Å². The quantitative estimate of drug-likeness (QED) is 0.507. The molecule has 1 aliphatic rings. The zero-order valence-electron chi connectivity index (χ0n) is 18.8. The van der Waals surface area contributed by atoms with Crippen LogP contribution in [0.15, 0.2) is 52.2 Å². The summed E-state index contributed by atoms with van der Waals surface area (Å²) in [5.74, 6) is -2.06. The number of rotatable bonds is 7. The molecule has 0 aliphatic carbocycles. The number of carbonyl (C=O) groups excluding carboxylic acids is 1. The van der Waals surface area contributed by atoms with Gasteiger partial charge in [0.05, 0.1) is 11.0 Å². The van der Waals surface area contributed by atoms with Crippen LogP contribution < -0.4 is 5.69 Å². The number of imidazole rings is 1. The summed E-state index contributed by atoms with van der Waals surface area (Å²) in [5.41, 5.74) is 1.43. The van der Waals surface area contributed by atoms with Gasteiger partial charge in [-0.05, 0) is 36.8 Å². The Kier molecular flexibility index (Phi) is 6.85. The van der Waals surface area contributed by atoms with Gasteiger partial charge in [-0.2, -0.15) is 4.31 Å². The van der Waals surface area contributed by atoms with Crippen LogP contribution in [0.25, 0.3) is 11.0 Å². The number of amides is 1. The number of hydrogen-bond donors (Lipinski definition) is 0. The van der Waals surface area contributed by atoms with Crippen LogP contribution in [0.5, 0.6) is 0 Å². The number of aryl methyl sites for hydroxylation is 2. The summed E-state index contributed by atoms with van der Waals surface area (Å²) >= 11 is 0. The van der Waals surface area contributed by atoms with Gasteiger partial charge in [0, 0.05) is 45.7 Å². The average molecular weight is 493 g/mol. The van der Waals surface area contributed by atoms with Gasteiger partial charge in [-0.25, -0.2) is 22.0 Å². The molecule has 1 aromatic heterocycles. The lowest BCUT2D eigenvalue weighted by Crippen LogP contribution is -2.50. The molecule has 2 aromatic carbocycles. The van der Waals surface area contributed by atoms with Gasteiger partial charge in [0.1, 0.15) is 16.5 Å². The van der Waals surface area contributed by atoms with Crippen molar-refractivity contribution in [1.82, 2.24) is 18.3 Å². The van der Waals surface area contributed by atoms with E-state index in [1.54, 1.807) is 9.13 Å². The predicted molar refractivity (Wildman–Crippen MR) is 123 cm³/mol. The molecule has 0 bridgehead atoms. The Morgan fingerprint density at radius 2 is 1.56 bits per heavy atom. The first-order chi connectivity index (χ1) is 16.2. The smallest absolute Gasteiger partial charge is 0.329 e. The van der Waals surface area contributed by atoms with E-state index in [1.165, 1.54) is 4.90 Å². The molecule has 182 valence electrons. The fourth-order valence-corrected chi connectivity index (χ4v) is 5.78. The van der Waals surface area contributed by atoms with Crippen molar-refractivity contribution in [1.29, 1.82) is 0 Å². The lowest BCUT2D eigenvalue weighted by molar-refractivity contribution is -0.132. The van der Waals surface area contributed by atoms with Crippen molar-refractivity contribution in [3.8, 4) is 0 Å². The van der Waals surface area contributed by atoms with Crippen molar-refractivity contribution in [3.05, 3.63) is 64.6 Å². The Hall–Kier alpha value is -3.05.